The number of para-hydroxylation sites is 1. The Labute approximate surface area is 204 Å². The van der Waals surface area contributed by atoms with Crippen molar-refractivity contribution in [2.45, 2.75) is 20.0 Å². The van der Waals surface area contributed by atoms with E-state index in [4.69, 9.17) is 0 Å². The van der Waals surface area contributed by atoms with Crippen molar-refractivity contribution in [1.82, 2.24) is 9.47 Å². The van der Waals surface area contributed by atoms with E-state index in [1.165, 1.54) is 15.8 Å². The van der Waals surface area contributed by atoms with Crippen molar-refractivity contribution in [2.24, 2.45) is 7.05 Å². The Kier molecular flexibility index (Phi) is 6.19. The van der Waals surface area contributed by atoms with Crippen molar-refractivity contribution in [3.8, 4) is 10.6 Å². The zero-order chi connectivity index (χ0) is 23.5. The molecule has 0 unspecified atom stereocenters. The molecule has 0 aliphatic carbocycles. The molecule has 0 saturated carbocycles. The summed E-state index contributed by atoms with van der Waals surface area (Å²) in [6, 6.07) is 30.6. The Hall–Kier alpha value is -3.83. The second-order valence-electron chi connectivity index (χ2n) is 8.52. The number of thiophene rings is 1. The number of hydrogen-bond acceptors (Lipinski definition) is 2. The summed E-state index contributed by atoms with van der Waals surface area (Å²) in [6.45, 7) is 3.05. The molecule has 0 atom stereocenters. The summed E-state index contributed by atoms with van der Waals surface area (Å²) < 4.78 is 2.25. The fourth-order valence-electron chi connectivity index (χ4n) is 4.48. The Morgan fingerprint density at radius 1 is 0.912 bits per heavy atom. The number of fused-ring (bicyclic) bond motifs is 1. The SMILES string of the molecule is Cc1cccc(NC(=O)N(Cc2ccccc2)Cc2c(-c3cccs3)n(C)c3ccccc23)c1. The summed E-state index contributed by atoms with van der Waals surface area (Å²) in [5, 5.41) is 6.39. The fraction of sp³-hybridized carbons (Fsp3) is 0.138. The predicted octanol–water partition coefficient (Wildman–Crippen LogP) is 7.45. The number of amides is 2. The number of rotatable bonds is 6. The number of carbonyl (C=O) groups is 1. The van der Waals surface area contributed by atoms with E-state index in [9.17, 15) is 4.79 Å². The normalized spacial score (nSPS) is 11.0. The third-order valence-electron chi connectivity index (χ3n) is 6.09. The van der Waals surface area contributed by atoms with Crippen LogP contribution in [0.1, 0.15) is 16.7 Å². The summed E-state index contributed by atoms with van der Waals surface area (Å²) in [6.07, 6.45) is 0. The first-order valence-electron chi connectivity index (χ1n) is 11.4. The number of benzene rings is 3. The molecule has 5 rings (SSSR count). The van der Waals surface area contributed by atoms with Gasteiger partial charge in [-0.15, -0.1) is 11.3 Å². The van der Waals surface area contributed by atoms with Crippen LogP contribution < -0.4 is 5.32 Å². The summed E-state index contributed by atoms with van der Waals surface area (Å²) in [7, 11) is 2.11. The minimum atomic E-state index is -0.112. The highest BCUT2D eigenvalue weighted by Crippen LogP contribution is 2.36. The predicted molar refractivity (Wildman–Crippen MR) is 142 cm³/mol. The highest BCUT2D eigenvalue weighted by atomic mass is 32.1. The molecule has 34 heavy (non-hydrogen) atoms. The average molecular weight is 466 g/mol. The Morgan fingerprint density at radius 2 is 1.71 bits per heavy atom. The third kappa shape index (κ3) is 4.47. The van der Waals surface area contributed by atoms with Crippen molar-refractivity contribution in [3.63, 3.8) is 0 Å². The number of urea groups is 1. The van der Waals surface area contributed by atoms with Crippen LogP contribution in [-0.2, 0) is 20.1 Å². The molecule has 0 fully saturated rings. The maximum atomic E-state index is 13.6. The van der Waals surface area contributed by atoms with Gasteiger partial charge in [0.25, 0.3) is 0 Å². The van der Waals surface area contributed by atoms with Gasteiger partial charge in [0.2, 0.25) is 0 Å². The Bertz CT molecular complexity index is 1420. The van der Waals surface area contributed by atoms with Gasteiger partial charge < -0.3 is 14.8 Å². The summed E-state index contributed by atoms with van der Waals surface area (Å²) in [4.78, 5) is 16.7. The van der Waals surface area contributed by atoms with Crippen LogP contribution in [0.15, 0.2) is 96.4 Å². The van der Waals surface area contributed by atoms with Gasteiger partial charge in [-0.3, -0.25) is 0 Å². The second kappa shape index (κ2) is 9.57. The molecular formula is C29H27N3OS. The van der Waals surface area contributed by atoms with E-state index in [0.29, 0.717) is 13.1 Å². The molecule has 0 bridgehead atoms. The third-order valence-corrected chi connectivity index (χ3v) is 6.96. The summed E-state index contributed by atoms with van der Waals surface area (Å²) >= 11 is 1.72. The molecule has 0 radical (unpaired) electrons. The van der Waals surface area contributed by atoms with Crippen molar-refractivity contribution in [1.29, 1.82) is 0 Å². The van der Waals surface area contributed by atoms with Crippen LogP contribution >= 0.6 is 11.3 Å². The van der Waals surface area contributed by atoms with Crippen LogP contribution in [0.4, 0.5) is 10.5 Å². The Balaban J connectivity index is 1.56. The van der Waals surface area contributed by atoms with Gasteiger partial charge >= 0.3 is 6.03 Å². The number of aromatic nitrogens is 1. The number of nitrogens with zero attached hydrogens (tertiary/aromatic N) is 2. The van der Waals surface area contributed by atoms with Crippen LogP contribution in [0.5, 0.6) is 0 Å². The molecule has 0 aliphatic rings. The highest BCUT2D eigenvalue weighted by molar-refractivity contribution is 7.13. The van der Waals surface area contributed by atoms with Crippen LogP contribution in [0, 0.1) is 6.92 Å². The molecule has 170 valence electrons. The maximum Gasteiger partial charge on any atom is 0.322 e. The molecule has 3 aromatic carbocycles. The van der Waals surface area contributed by atoms with Crippen molar-refractivity contribution >= 4 is 34.0 Å². The zero-order valence-corrected chi connectivity index (χ0v) is 20.2. The minimum Gasteiger partial charge on any atom is -0.343 e. The van der Waals surface area contributed by atoms with E-state index in [1.807, 2.05) is 54.3 Å². The van der Waals surface area contributed by atoms with Gasteiger partial charge in [0.15, 0.2) is 0 Å². The van der Waals surface area contributed by atoms with E-state index >= 15 is 0 Å². The lowest BCUT2D eigenvalue weighted by Crippen LogP contribution is -2.34. The molecule has 4 nitrogen and oxygen atoms in total. The quantitative estimate of drug-likeness (QED) is 0.278. The zero-order valence-electron chi connectivity index (χ0n) is 19.4. The van der Waals surface area contributed by atoms with Crippen LogP contribution in [0.3, 0.4) is 0 Å². The number of aryl methyl sites for hydroxylation is 2. The number of nitrogens with one attached hydrogen (secondary N) is 1. The standard InChI is InChI=1S/C29H27N3OS/c1-21-10-8-13-23(18-21)30-29(33)32(19-22-11-4-3-5-12-22)20-25-24-14-6-7-15-26(24)31(2)28(25)27-16-9-17-34-27/h3-18H,19-20H2,1-2H3,(H,30,33). The van der Waals surface area contributed by atoms with Gasteiger partial charge in [-0.05, 0) is 47.7 Å². The van der Waals surface area contributed by atoms with Crippen molar-refractivity contribution in [3.05, 3.63) is 113 Å². The smallest absolute Gasteiger partial charge is 0.322 e. The number of carbonyl (C=O) groups excluding carboxylic acids is 1. The van der Waals surface area contributed by atoms with Gasteiger partial charge in [0, 0.05) is 35.7 Å². The lowest BCUT2D eigenvalue weighted by molar-refractivity contribution is 0.206. The summed E-state index contributed by atoms with van der Waals surface area (Å²) in [5.41, 5.74) is 6.51. The Morgan fingerprint density at radius 3 is 2.47 bits per heavy atom. The van der Waals surface area contributed by atoms with E-state index < -0.39 is 0 Å². The molecule has 2 amide bonds. The van der Waals surface area contributed by atoms with Crippen LogP contribution in [-0.4, -0.2) is 15.5 Å². The molecule has 0 aliphatic heterocycles. The largest absolute Gasteiger partial charge is 0.343 e. The molecule has 0 spiro atoms. The monoisotopic (exact) mass is 465 g/mol. The second-order valence-corrected chi connectivity index (χ2v) is 9.47. The van der Waals surface area contributed by atoms with Crippen LogP contribution in [0.25, 0.3) is 21.5 Å². The van der Waals surface area contributed by atoms with E-state index in [-0.39, 0.29) is 6.03 Å². The molecule has 5 heteroatoms. The van der Waals surface area contributed by atoms with Gasteiger partial charge in [0.05, 0.1) is 17.1 Å². The summed E-state index contributed by atoms with van der Waals surface area (Å²) in [5.74, 6) is 0. The number of anilines is 1. The topological polar surface area (TPSA) is 37.3 Å². The first-order valence-corrected chi connectivity index (χ1v) is 12.2. The molecule has 1 N–H and O–H groups in total. The molecule has 2 aromatic heterocycles. The van der Waals surface area contributed by atoms with Crippen LogP contribution in [0.2, 0.25) is 0 Å². The molecule has 0 saturated heterocycles. The van der Waals surface area contributed by atoms with Gasteiger partial charge in [-0.25, -0.2) is 4.79 Å². The molecular weight excluding hydrogens is 438 g/mol. The lowest BCUT2D eigenvalue weighted by Gasteiger charge is -2.24. The lowest BCUT2D eigenvalue weighted by atomic mass is 10.1. The first kappa shape index (κ1) is 22.0. The van der Waals surface area contributed by atoms with Crippen molar-refractivity contribution < 1.29 is 4.79 Å². The fourth-order valence-corrected chi connectivity index (χ4v) is 5.31. The van der Waals surface area contributed by atoms with Gasteiger partial charge in [0.1, 0.15) is 0 Å². The molecule has 5 aromatic rings. The number of hydrogen-bond donors (Lipinski definition) is 1. The van der Waals surface area contributed by atoms with E-state index in [0.717, 1.165) is 28.1 Å². The highest BCUT2D eigenvalue weighted by Gasteiger charge is 2.22. The molecule has 2 heterocycles. The van der Waals surface area contributed by atoms with Gasteiger partial charge in [-0.1, -0.05) is 66.7 Å². The van der Waals surface area contributed by atoms with Gasteiger partial charge in [-0.2, -0.15) is 0 Å². The minimum absolute atomic E-state index is 0.112. The van der Waals surface area contributed by atoms with E-state index in [2.05, 4.69) is 70.8 Å². The maximum absolute atomic E-state index is 13.6. The van der Waals surface area contributed by atoms with E-state index in [1.54, 1.807) is 11.3 Å². The van der Waals surface area contributed by atoms with Crippen molar-refractivity contribution in [2.75, 3.05) is 5.32 Å². The first-order chi connectivity index (χ1) is 16.6. The average Bonchev–Trinajstić information content (AvgIpc) is 3.46.